The van der Waals surface area contributed by atoms with Gasteiger partial charge in [0.15, 0.2) is 5.11 Å². The van der Waals surface area contributed by atoms with Crippen molar-refractivity contribution in [2.75, 3.05) is 10.6 Å². The summed E-state index contributed by atoms with van der Waals surface area (Å²) in [5.74, 6) is 0. The number of aryl methyl sites for hydroxylation is 2. The lowest BCUT2D eigenvalue weighted by atomic mass is 10.0. The van der Waals surface area contributed by atoms with Gasteiger partial charge >= 0.3 is 6.18 Å². The second-order valence-electron chi connectivity index (χ2n) is 5.28. The van der Waals surface area contributed by atoms with Crippen LogP contribution in [0.5, 0.6) is 0 Å². The zero-order valence-electron chi connectivity index (χ0n) is 13.5. The maximum Gasteiger partial charge on any atom is 0.418 e. The van der Waals surface area contributed by atoms with Gasteiger partial charge in [-0.1, -0.05) is 44.2 Å². The first-order valence-corrected chi connectivity index (χ1v) is 8.12. The zero-order valence-corrected chi connectivity index (χ0v) is 14.3. The van der Waals surface area contributed by atoms with E-state index in [4.69, 9.17) is 12.2 Å². The highest BCUT2D eigenvalue weighted by Crippen LogP contribution is 2.34. The highest BCUT2D eigenvalue weighted by molar-refractivity contribution is 7.80. The number of para-hydroxylation sites is 2. The minimum Gasteiger partial charge on any atom is -0.332 e. The fourth-order valence-electron chi connectivity index (χ4n) is 2.51. The Kier molecular flexibility index (Phi) is 5.83. The average Bonchev–Trinajstić information content (AvgIpc) is 2.54. The van der Waals surface area contributed by atoms with E-state index >= 15 is 0 Å². The largest absolute Gasteiger partial charge is 0.418 e. The van der Waals surface area contributed by atoms with Crippen molar-refractivity contribution in [2.24, 2.45) is 0 Å². The van der Waals surface area contributed by atoms with Gasteiger partial charge in [0, 0.05) is 5.69 Å². The topological polar surface area (TPSA) is 24.1 Å². The number of rotatable bonds is 4. The van der Waals surface area contributed by atoms with Gasteiger partial charge in [0.1, 0.15) is 0 Å². The molecule has 0 heterocycles. The first-order valence-electron chi connectivity index (χ1n) is 7.71. The van der Waals surface area contributed by atoms with E-state index in [0.717, 1.165) is 35.7 Å². The number of anilines is 2. The number of nitrogens with one attached hydrogen (secondary N) is 2. The molecular weight excluding hydrogens is 333 g/mol. The van der Waals surface area contributed by atoms with E-state index in [0.29, 0.717) is 0 Å². The summed E-state index contributed by atoms with van der Waals surface area (Å²) in [6.07, 6.45) is -2.83. The van der Waals surface area contributed by atoms with Gasteiger partial charge in [-0.3, -0.25) is 0 Å². The van der Waals surface area contributed by atoms with Crippen molar-refractivity contribution in [1.82, 2.24) is 0 Å². The maximum absolute atomic E-state index is 13.1. The third-order valence-corrected chi connectivity index (χ3v) is 3.92. The Labute approximate surface area is 145 Å². The molecule has 0 aromatic heterocycles. The van der Waals surface area contributed by atoms with E-state index in [-0.39, 0.29) is 10.8 Å². The van der Waals surface area contributed by atoms with Crippen molar-refractivity contribution in [2.45, 2.75) is 32.9 Å². The quantitative estimate of drug-likeness (QED) is 0.697. The smallest absolute Gasteiger partial charge is 0.332 e. The summed E-state index contributed by atoms with van der Waals surface area (Å²) in [5, 5.41) is 5.87. The molecule has 2 rings (SSSR count). The van der Waals surface area contributed by atoms with E-state index in [9.17, 15) is 13.2 Å². The van der Waals surface area contributed by atoms with Gasteiger partial charge < -0.3 is 10.6 Å². The maximum atomic E-state index is 13.1. The lowest BCUT2D eigenvalue weighted by Crippen LogP contribution is -2.23. The first kappa shape index (κ1) is 18.3. The number of halogens is 3. The van der Waals surface area contributed by atoms with E-state index in [1.165, 1.54) is 18.2 Å². The third kappa shape index (κ3) is 4.26. The molecule has 0 aliphatic heterocycles. The molecule has 0 aliphatic rings. The average molecular weight is 352 g/mol. The molecule has 2 aromatic rings. The third-order valence-electron chi connectivity index (χ3n) is 3.72. The molecule has 0 saturated heterocycles. The number of hydrogen-bond acceptors (Lipinski definition) is 1. The molecule has 0 spiro atoms. The molecule has 24 heavy (non-hydrogen) atoms. The summed E-state index contributed by atoms with van der Waals surface area (Å²) in [6, 6.07) is 11.2. The van der Waals surface area contributed by atoms with Crippen LogP contribution in [0.3, 0.4) is 0 Å². The highest BCUT2D eigenvalue weighted by Gasteiger charge is 2.33. The van der Waals surface area contributed by atoms with Crippen molar-refractivity contribution in [3.63, 3.8) is 0 Å². The van der Waals surface area contributed by atoms with Gasteiger partial charge in [-0.25, -0.2) is 0 Å². The van der Waals surface area contributed by atoms with Crippen LogP contribution in [0.25, 0.3) is 0 Å². The molecule has 0 atom stereocenters. The van der Waals surface area contributed by atoms with Crippen LogP contribution in [0.15, 0.2) is 42.5 Å². The van der Waals surface area contributed by atoms with Crippen LogP contribution in [0.2, 0.25) is 0 Å². The molecule has 0 aliphatic carbocycles. The Hall–Kier alpha value is -2.08. The summed E-state index contributed by atoms with van der Waals surface area (Å²) >= 11 is 5.23. The van der Waals surface area contributed by atoms with Crippen LogP contribution >= 0.6 is 12.2 Å². The van der Waals surface area contributed by atoms with Gasteiger partial charge in [-0.2, -0.15) is 13.2 Å². The number of hydrogen-bond donors (Lipinski definition) is 2. The van der Waals surface area contributed by atoms with Crippen LogP contribution in [0, 0.1) is 0 Å². The lowest BCUT2D eigenvalue weighted by molar-refractivity contribution is -0.136. The van der Waals surface area contributed by atoms with Gasteiger partial charge in [-0.05, 0) is 48.3 Å². The van der Waals surface area contributed by atoms with E-state index in [1.54, 1.807) is 0 Å². The Morgan fingerprint density at radius 2 is 1.50 bits per heavy atom. The Morgan fingerprint density at radius 3 is 2.04 bits per heavy atom. The molecule has 0 amide bonds. The van der Waals surface area contributed by atoms with Crippen molar-refractivity contribution in [3.8, 4) is 0 Å². The first-order chi connectivity index (χ1) is 11.4. The lowest BCUT2D eigenvalue weighted by Gasteiger charge is -2.19. The van der Waals surface area contributed by atoms with Crippen molar-refractivity contribution >= 4 is 28.7 Å². The van der Waals surface area contributed by atoms with E-state index < -0.39 is 11.7 Å². The van der Waals surface area contributed by atoms with Crippen LogP contribution in [0.1, 0.15) is 30.5 Å². The normalized spacial score (nSPS) is 11.2. The fourth-order valence-corrected chi connectivity index (χ4v) is 2.72. The molecule has 0 radical (unpaired) electrons. The minimum absolute atomic E-state index is 0.0606. The number of alkyl halides is 3. The highest BCUT2D eigenvalue weighted by atomic mass is 32.1. The van der Waals surface area contributed by atoms with Gasteiger partial charge in [0.2, 0.25) is 0 Å². The summed E-state index contributed by atoms with van der Waals surface area (Å²) in [5.41, 5.74) is 2.21. The molecule has 0 fully saturated rings. The molecule has 0 saturated carbocycles. The monoisotopic (exact) mass is 352 g/mol. The zero-order chi connectivity index (χ0) is 17.7. The van der Waals surface area contributed by atoms with E-state index in [2.05, 4.69) is 10.6 Å². The molecule has 128 valence electrons. The van der Waals surface area contributed by atoms with Crippen molar-refractivity contribution in [1.29, 1.82) is 0 Å². The van der Waals surface area contributed by atoms with Crippen LogP contribution in [-0.2, 0) is 19.0 Å². The molecular formula is C18H19F3N2S. The van der Waals surface area contributed by atoms with Gasteiger partial charge in [-0.15, -0.1) is 0 Å². The number of thiocarbonyl (C=S) groups is 1. The minimum atomic E-state index is -4.44. The summed E-state index contributed by atoms with van der Waals surface area (Å²) in [6.45, 7) is 4.05. The van der Waals surface area contributed by atoms with Crippen molar-refractivity contribution < 1.29 is 13.2 Å². The van der Waals surface area contributed by atoms with E-state index in [1.807, 2.05) is 32.0 Å². The predicted octanol–water partition coefficient (Wildman–Crippen LogP) is 5.64. The second-order valence-corrected chi connectivity index (χ2v) is 5.69. The summed E-state index contributed by atoms with van der Waals surface area (Å²) in [4.78, 5) is 0. The molecule has 2 nitrogen and oxygen atoms in total. The molecule has 0 bridgehead atoms. The van der Waals surface area contributed by atoms with Crippen LogP contribution in [0.4, 0.5) is 24.5 Å². The Balaban J connectivity index is 2.25. The summed E-state index contributed by atoms with van der Waals surface area (Å²) < 4.78 is 39.2. The molecule has 0 unspecified atom stereocenters. The van der Waals surface area contributed by atoms with Crippen LogP contribution < -0.4 is 10.6 Å². The van der Waals surface area contributed by atoms with Gasteiger partial charge in [0.05, 0.1) is 11.3 Å². The van der Waals surface area contributed by atoms with Gasteiger partial charge in [0.25, 0.3) is 0 Å². The van der Waals surface area contributed by atoms with Crippen molar-refractivity contribution in [3.05, 3.63) is 59.2 Å². The molecule has 2 aromatic carbocycles. The Morgan fingerprint density at radius 1 is 0.917 bits per heavy atom. The Bertz CT molecular complexity index is 704. The SMILES string of the molecule is CCc1cccc(CC)c1NC(=S)Nc1ccccc1C(F)(F)F. The van der Waals surface area contributed by atoms with Crippen LogP contribution in [-0.4, -0.2) is 5.11 Å². The predicted molar refractivity (Wildman–Crippen MR) is 96.5 cm³/mol. The summed E-state index contributed by atoms with van der Waals surface area (Å²) in [7, 11) is 0. The standard InChI is InChI=1S/C18H19F3N2S/c1-3-12-8-7-9-13(4-2)16(12)23-17(24)22-15-11-6-5-10-14(15)18(19,20)21/h5-11H,3-4H2,1-2H3,(H2,22,23,24). The second kappa shape index (κ2) is 7.66. The number of benzene rings is 2. The molecule has 6 heteroatoms. The fraction of sp³-hybridized carbons (Fsp3) is 0.278. The molecule has 2 N–H and O–H groups in total.